The van der Waals surface area contributed by atoms with Crippen molar-refractivity contribution in [1.82, 2.24) is 4.72 Å². The van der Waals surface area contributed by atoms with Crippen LogP contribution in [0.2, 0.25) is 0 Å². The quantitative estimate of drug-likeness (QED) is 0.634. The molecule has 0 amide bonds. The smallest absolute Gasteiger partial charge is 0.299 e. The molecule has 0 aromatic heterocycles. The largest absolute Gasteiger partial charge is 0.383 e. The summed E-state index contributed by atoms with van der Waals surface area (Å²) in [6, 6.07) is 6.78. The summed E-state index contributed by atoms with van der Waals surface area (Å²) < 4.78 is 33.1. The van der Waals surface area contributed by atoms with Gasteiger partial charge in [0.15, 0.2) is 0 Å². The molecule has 1 aromatic rings. The molecular formula is C11H19N3O3S. The van der Waals surface area contributed by atoms with E-state index in [9.17, 15) is 8.42 Å². The highest BCUT2D eigenvalue weighted by atomic mass is 32.2. The summed E-state index contributed by atoms with van der Waals surface area (Å²) in [5.41, 5.74) is 7.01. The molecule has 0 aliphatic carbocycles. The number of hydrogen-bond donors (Lipinski definition) is 3. The van der Waals surface area contributed by atoms with Crippen LogP contribution < -0.4 is 15.2 Å². The molecule has 102 valence electrons. The number of nitrogens with one attached hydrogen (secondary N) is 2. The molecule has 1 aromatic carbocycles. The maximum Gasteiger partial charge on any atom is 0.299 e. The van der Waals surface area contributed by atoms with E-state index < -0.39 is 10.2 Å². The van der Waals surface area contributed by atoms with Gasteiger partial charge in [-0.05, 0) is 18.6 Å². The number of methoxy groups -OCH3 is 1. The van der Waals surface area contributed by atoms with Gasteiger partial charge in [0.05, 0.1) is 12.3 Å². The van der Waals surface area contributed by atoms with Crippen molar-refractivity contribution in [3.05, 3.63) is 29.8 Å². The monoisotopic (exact) mass is 273 g/mol. The van der Waals surface area contributed by atoms with Crippen LogP contribution in [0.5, 0.6) is 0 Å². The highest BCUT2D eigenvalue weighted by Gasteiger charge is 2.13. The van der Waals surface area contributed by atoms with Gasteiger partial charge in [-0.3, -0.25) is 4.72 Å². The van der Waals surface area contributed by atoms with Crippen LogP contribution in [0.25, 0.3) is 0 Å². The second-order valence-corrected chi connectivity index (χ2v) is 5.37. The van der Waals surface area contributed by atoms with Crippen molar-refractivity contribution in [3.8, 4) is 0 Å². The van der Waals surface area contributed by atoms with E-state index in [1.807, 2.05) is 6.07 Å². The van der Waals surface area contributed by atoms with Gasteiger partial charge < -0.3 is 10.5 Å². The van der Waals surface area contributed by atoms with Crippen LogP contribution in [0.15, 0.2) is 24.3 Å². The van der Waals surface area contributed by atoms with Crippen LogP contribution in [0.4, 0.5) is 5.69 Å². The molecule has 4 N–H and O–H groups in total. The summed E-state index contributed by atoms with van der Waals surface area (Å²) in [6.07, 6.45) is 0. The summed E-state index contributed by atoms with van der Waals surface area (Å²) in [4.78, 5) is 0. The van der Waals surface area contributed by atoms with Crippen LogP contribution in [-0.4, -0.2) is 28.7 Å². The zero-order valence-corrected chi connectivity index (χ0v) is 11.3. The number of benzene rings is 1. The average Bonchev–Trinajstić information content (AvgIpc) is 2.29. The maximum absolute atomic E-state index is 11.7. The Kier molecular flexibility index (Phi) is 5.54. The molecule has 0 fully saturated rings. The van der Waals surface area contributed by atoms with E-state index in [-0.39, 0.29) is 12.6 Å². The first-order valence-corrected chi connectivity index (χ1v) is 7.05. The Morgan fingerprint density at radius 3 is 2.67 bits per heavy atom. The number of hydrogen-bond acceptors (Lipinski definition) is 4. The summed E-state index contributed by atoms with van der Waals surface area (Å²) in [6.45, 7) is 2.33. The lowest BCUT2D eigenvalue weighted by atomic mass is 10.1. The molecule has 0 spiro atoms. The second kappa shape index (κ2) is 6.69. The van der Waals surface area contributed by atoms with Crippen molar-refractivity contribution in [2.75, 3.05) is 25.0 Å². The molecule has 1 rings (SSSR count). The van der Waals surface area contributed by atoms with Crippen LogP contribution in [0, 0.1) is 0 Å². The summed E-state index contributed by atoms with van der Waals surface area (Å²) in [5.74, 6) is 0. The van der Waals surface area contributed by atoms with Gasteiger partial charge in [0, 0.05) is 19.7 Å². The average molecular weight is 273 g/mol. The fourth-order valence-corrected chi connectivity index (χ4v) is 2.35. The van der Waals surface area contributed by atoms with E-state index in [1.54, 1.807) is 25.1 Å². The minimum atomic E-state index is -3.60. The summed E-state index contributed by atoms with van der Waals surface area (Å²) in [5, 5.41) is 0. The third kappa shape index (κ3) is 4.61. The van der Waals surface area contributed by atoms with Crippen molar-refractivity contribution in [3.63, 3.8) is 0 Å². The molecule has 18 heavy (non-hydrogen) atoms. The number of nitrogens with two attached hydrogens (primary N) is 1. The Balaban J connectivity index is 2.78. The number of para-hydroxylation sites is 1. The van der Waals surface area contributed by atoms with E-state index >= 15 is 0 Å². The van der Waals surface area contributed by atoms with Crippen molar-refractivity contribution < 1.29 is 13.2 Å². The molecule has 0 saturated carbocycles. The van der Waals surface area contributed by atoms with Crippen molar-refractivity contribution in [2.24, 2.45) is 5.73 Å². The van der Waals surface area contributed by atoms with Crippen molar-refractivity contribution in [1.29, 1.82) is 0 Å². The molecule has 0 aliphatic rings. The van der Waals surface area contributed by atoms with E-state index in [0.717, 1.165) is 5.56 Å². The van der Waals surface area contributed by atoms with Gasteiger partial charge >= 0.3 is 0 Å². The minimum Gasteiger partial charge on any atom is -0.383 e. The van der Waals surface area contributed by atoms with Gasteiger partial charge in [-0.15, -0.1) is 0 Å². The lowest BCUT2D eigenvalue weighted by molar-refractivity contribution is 0.204. The third-order valence-electron chi connectivity index (χ3n) is 2.29. The first-order valence-electron chi connectivity index (χ1n) is 5.57. The highest BCUT2D eigenvalue weighted by Crippen LogP contribution is 2.21. The minimum absolute atomic E-state index is 0.214. The maximum atomic E-state index is 11.7. The van der Waals surface area contributed by atoms with Crippen molar-refractivity contribution in [2.45, 2.75) is 13.0 Å². The molecule has 0 saturated heterocycles. The van der Waals surface area contributed by atoms with Crippen LogP contribution >= 0.6 is 0 Å². The van der Waals surface area contributed by atoms with Crippen molar-refractivity contribution >= 4 is 15.9 Å². The van der Waals surface area contributed by atoms with Crippen LogP contribution in [-0.2, 0) is 14.9 Å². The first-order chi connectivity index (χ1) is 8.46. The van der Waals surface area contributed by atoms with Crippen LogP contribution in [0.3, 0.4) is 0 Å². The standard InChI is InChI=1S/C11H19N3O3S/c1-9(12)10-5-3-4-6-11(10)14-18(15,16)13-7-8-17-2/h3-6,9,13-14H,7-8,12H2,1-2H3. The molecule has 0 bridgehead atoms. The van der Waals surface area contributed by atoms with E-state index in [4.69, 9.17) is 10.5 Å². The van der Waals surface area contributed by atoms with Gasteiger partial charge in [-0.2, -0.15) is 13.1 Å². The lowest BCUT2D eigenvalue weighted by Crippen LogP contribution is -2.33. The molecule has 1 atom stereocenters. The zero-order chi connectivity index (χ0) is 13.6. The van der Waals surface area contributed by atoms with Gasteiger partial charge in [0.2, 0.25) is 0 Å². The van der Waals surface area contributed by atoms with E-state index in [0.29, 0.717) is 12.3 Å². The highest BCUT2D eigenvalue weighted by molar-refractivity contribution is 7.90. The Labute approximate surface area is 108 Å². The molecular weight excluding hydrogens is 254 g/mol. The van der Waals surface area contributed by atoms with Gasteiger partial charge in [-0.1, -0.05) is 18.2 Å². The van der Waals surface area contributed by atoms with Gasteiger partial charge in [-0.25, -0.2) is 0 Å². The van der Waals surface area contributed by atoms with Gasteiger partial charge in [0.25, 0.3) is 10.2 Å². The van der Waals surface area contributed by atoms with Gasteiger partial charge in [0.1, 0.15) is 0 Å². The Morgan fingerprint density at radius 1 is 1.39 bits per heavy atom. The lowest BCUT2D eigenvalue weighted by Gasteiger charge is -2.15. The predicted molar refractivity (Wildman–Crippen MR) is 71.5 cm³/mol. The molecule has 1 unspecified atom stereocenters. The predicted octanol–water partition coefficient (Wildman–Crippen LogP) is 0.599. The first kappa shape index (κ1) is 14.9. The normalized spacial score (nSPS) is 13.3. The molecule has 0 heterocycles. The molecule has 0 aliphatic heterocycles. The Morgan fingerprint density at radius 2 is 2.06 bits per heavy atom. The number of ether oxygens (including phenoxy) is 1. The van der Waals surface area contributed by atoms with E-state index in [2.05, 4.69) is 9.44 Å². The van der Waals surface area contributed by atoms with Crippen LogP contribution in [0.1, 0.15) is 18.5 Å². The third-order valence-corrected chi connectivity index (χ3v) is 3.37. The SMILES string of the molecule is COCCNS(=O)(=O)Nc1ccccc1C(C)N. The zero-order valence-electron chi connectivity index (χ0n) is 10.5. The van der Waals surface area contributed by atoms with E-state index in [1.165, 1.54) is 7.11 Å². The molecule has 7 heteroatoms. The Bertz CT molecular complexity index is 474. The number of anilines is 1. The molecule has 0 radical (unpaired) electrons. The summed E-state index contributed by atoms with van der Waals surface area (Å²) >= 11 is 0. The fraction of sp³-hybridized carbons (Fsp3) is 0.455. The second-order valence-electron chi connectivity index (χ2n) is 3.87. The topological polar surface area (TPSA) is 93.4 Å². The summed E-state index contributed by atoms with van der Waals surface area (Å²) in [7, 11) is -2.09. The molecule has 6 nitrogen and oxygen atoms in total. The fourth-order valence-electron chi connectivity index (χ4n) is 1.45. The number of rotatable bonds is 7. The Hall–Kier alpha value is -1.15.